The molecule has 0 radical (unpaired) electrons. The number of rotatable bonds is 3. The predicted octanol–water partition coefficient (Wildman–Crippen LogP) is 3.52. The Bertz CT molecular complexity index is 657. The third-order valence-corrected chi connectivity index (χ3v) is 3.06. The van der Waals surface area contributed by atoms with Crippen LogP contribution in [0.2, 0.25) is 5.28 Å². The molecule has 0 atom stereocenters. The first-order valence-electron chi connectivity index (χ1n) is 5.17. The van der Waals surface area contributed by atoms with E-state index in [0.29, 0.717) is 27.3 Å². The Morgan fingerprint density at radius 2 is 2.26 bits per heavy atom. The molecule has 19 heavy (non-hydrogen) atoms. The van der Waals surface area contributed by atoms with Crippen LogP contribution in [0.4, 0.5) is 11.5 Å². The zero-order valence-corrected chi connectivity index (χ0v) is 12.2. The standard InChI is InChI=1S/C12H8BrClN4O/c1-19-10-4-7(5-15)2-3-9(10)17-11-8(13)6-16-12(14)18-11/h2-4,6H,1H3,(H,16,17,18). The number of halogens is 2. The monoisotopic (exact) mass is 338 g/mol. The lowest BCUT2D eigenvalue weighted by Crippen LogP contribution is -1.99. The maximum atomic E-state index is 8.85. The van der Waals surface area contributed by atoms with Gasteiger partial charge in [0.05, 0.1) is 28.9 Å². The van der Waals surface area contributed by atoms with Crippen molar-refractivity contribution >= 4 is 39.0 Å². The molecule has 0 fully saturated rings. The molecule has 0 aliphatic heterocycles. The smallest absolute Gasteiger partial charge is 0.224 e. The van der Waals surface area contributed by atoms with Crippen LogP contribution in [0.5, 0.6) is 5.75 Å². The van der Waals surface area contributed by atoms with Crippen molar-refractivity contribution in [2.75, 3.05) is 12.4 Å². The minimum Gasteiger partial charge on any atom is -0.495 e. The van der Waals surface area contributed by atoms with Gasteiger partial charge in [0.1, 0.15) is 11.6 Å². The first kappa shape index (κ1) is 13.6. The highest BCUT2D eigenvalue weighted by Gasteiger charge is 2.09. The third-order valence-electron chi connectivity index (χ3n) is 2.30. The van der Waals surface area contributed by atoms with E-state index in [0.717, 1.165) is 0 Å². The minimum absolute atomic E-state index is 0.137. The SMILES string of the molecule is COc1cc(C#N)ccc1Nc1nc(Cl)ncc1Br. The summed E-state index contributed by atoms with van der Waals surface area (Å²) in [6.45, 7) is 0. The van der Waals surface area contributed by atoms with Crippen molar-refractivity contribution in [1.82, 2.24) is 9.97 Å². The van der Waals surface area contributed by atoms with Gasteiger partial charge in [0.2, 0.25) is 5.28 Å². The van der Waals surface area contributed by atoms with E-state index in [1.54, 1.807) is 24.4 Å². The first-order chi connectivity index (χ1) is 9.13. The molecule has 1 aromatic carbocycles. The molecule has 2 aromatic rings. The molecule has 1 N–H and O–H groups in total. The topological polar surface area (TPSA) is 70.8 Å². The Kier molecular flexibility index (Phi) is 4.20. The maximum absolute atomic E-state index is 8.85. The number of nitriles is 1. The Balaban J connectivity index is 2.38. The van der Waals surface area contributed by atoms with Gasteiger partial charge in [-0.25, -0.2) is 4.98 Å². The molecule has 7 heteroatoms. The summed E-state index contributed by atoms with van der Waals surface area (Å²) in [7, 11) is 1.53. The zero-order chi connectivity index (χ0) is 13.8. The summed E-state index contributed by atoms with van der Waals surface area (Å²) in [4.78, 5) is 7.91. The van der Waals surface area contributed by atoms with Crippen LogP contribution in [0.15, 0.2) is 28.9 Å². The Labute approximate surface area is 123 Å². The van der Waals surface area contributed by atoms with Crippen molar-refractivity contribution in [3.8, 4) is 11.8 Å². The van der Waals surface area contributed by atoms with Crippen LogP contribution in [0, 0.1) is 11.3 Å². The van der Waals surface area contributed by atoms with Gasteiger partial charge in [-0.2, -0.15) is 10.2 Å². The van der Waals surface area contributed by atoms with Crippen molar-refractivity contribution in [2.45, 2.75) is 0 Å². The van der Waals surface area contributed by atoms with Gasteiger partial charge in [0.15, 0.2) is 0 Å². The normalized spacial score (nSPS) is 9.79. The molecule has 0 unspecified atom stereocenters. The number of ether oxygens (including phenoxy) is 1. The Morgan fingerprint density at radius 1 is 1.47 bits per heavy atom. The van der Waals surface area contributed by atoms with Gasteiger partial charge < -0.3 is 10.1 Å². The van der Waals surface area contributed by atoms with Gasteiger partial charge in [0, 0.05) is 12.3 Å². The fraction of sp³-hybridized carbons (Fsp3) is 0.0833. The molecule has 96 valence electrons. The second kappa shape index (κ2) is 5.87. The van der Waals surface area contributed by atoms with E-state index in [-0.39, 0.29) is 5.28 Å². The molecular weight excluding hydrogens is 332 g/mol. The summed E-state index contributed by atoms with van der Waals surface area (Å²) in [5.74, 6) is 1.06. The number of anilines is 2. The number of methoxy groups -OCH3 is 1. The highest BCUT2D eigenvalue weighted by molar-refractivity contribution is 9.10. The van der Waals surface area contributed by atoms with Crippen LogP contribution in [0.3, 0.4) is 0 Å². The van der Waals surface area contributed by atoms with E-state index in [4.69, 9.17) is 21.6 Å². The summed E-state index contributed by atoms with van der Waals surface area (Å²) in [6, 6.07) is 7.11. The summed E-state index contributed by atoms with van der Waals surface area (Å²) in [6.07, 6.45) is 1.55. The molecule has 0 saturated carbocycles. The second-order valence-electron chi connectivity index (χ2n) is 3.49. The van der Waals surface area contributed by atoms with Crippen LogP contribution in [0.25, 0.3) is 0 Å². The summed E-state index contributed by atoms with van der Waals surface area (Å²) in [5, 5.41) is 12.1. The van der Waals surface area contributed by atoms with E-state index >= 15 is 0 Å². The van der Waals surface area contributed by atoms with Gasteiger partial charge in [0.25, 0.3) is 0 Å². The van der Waals surface area contributed by atoms with E-state index in [1.807, 2.05) is 6.07 Å². The zero-order valence-electron chi connectivity index (χ0n) is 9.82. The Hall–Kier alpha value is -1.84. The fourth-order valence-corrected chi connectivity index (χ4v) is 1.85. The number of aromatic nitrogens is 2. The summed E-state index contributed by atoms with van der Waals surface area (Å²) >= 11 is 9.07. The number of benzene rings is 1. The number of hydrogen-bond donors (Lipinski definition) is 1. The van der Waals surface area contributed by atoms with Crippen LogP contribution in [-0.2, 0) is 0 Å². The molecular formula is C12H8BrClN4O. The van der Waals surface area contributed by atoms with Crippen molar-refractivity contribution in [1.29, 1.82) is 5.26 Å². The van der Waals surface area contributed by atoms with E-state index in [1.165, 1.54) is 7.11 Å². The van der Waals surface area contributed by atoms with E-state index in [9.17, 15) is 0 Å². The fourth-order valence-electron chi connectivity index (χ4n) is 1.42. The molecule has 0 aliphatic rings. The summed E-state index contributed by atoms with van der Waals surface area (Å²) < 4.78 is 5.89. The number of nitrogens with one attached hydrogen (secondary N) is 1. The number of hydrogen-bond acceptors (Lipinski definition) is 5. The molecule has 2 rings (SSSR count). The minimum atomic E-state index is 0.137. The average molecular weight is 340 g/mol. The van der Waals surface area contributed by atoms with Crippen molar-refractivity contribution < 1.29 is 4.74 Å². The van der Waals surface area contributed by atoms with Gasteiger partial charge in [-0.1, -0.05) is 0 Å². The first-order valence-corrected chi connectivity index (χ1v) is 6.34. The maximum Gasteiger partial charge on any atom is 0.224 e. The van der Waals surface area contributed by atoms with Gasteiger partial charge in [-0.15, -0.1) is 0 Å². The molecule has 0 spiro atoms. The van der Waals surface area contributed by atoms with Gasteiger partial charge in [-0.3, -0.25) is 0 Å². The lowest BCUT2D eigenvalue weighted by Gasteiger charge is -2.11. The van der Waals surface area contributed by atoms with Crippen molar-refractivity contribution in [3.05, 3.63) is 39.7 Å². The number of nitrogens with zero attached hydrogens (tertiary/aromatic N) is 3. The highest BCUT2D eigenvalue weighted by Crippen LogP contribution is 2.30. The van der Waals surface area contributed by atoms with Gasteiger partial charge >= 0.3 is 0 Å². The van der Waals surface area contributed by atoms with Crippen LogP contribution < -0.4 is 10.1 Å². The predicted molar refractivity (Wildman–Crippen MR) is 75.7 cm³/mol. The molecule has 0 amide bonds. The van der Waals surface area contributed by atoms with Crippen molar-refractivity contribution in [2.24, 2.45) is 0 Å². The van der Waals surface area contributed by atoms with Gasteiger partial charge in [-0.05, 0) is 39.7 Å². The quantitative estimate of drug-likeness (QED) is 0.866. The molecule has 0 aliphatic carbocycles. The van der Waals surface area contributed by atoms with Crippen molar-refractivity contribution in [3.63, 3.8) is 0 Å². The van der Waals surface area contributed by atoms with Crippen LogP contribution in [0.1, 0.15) is 5.56 Å². The Morgan fingerprint density at radius 3 is 2.95 bits per heavy atom. The molecule has 1 aromatic heterocycles. The lowest BCUT2D eigenvalue weighted by atomic mass is 10.2. The van der Waals surface area contributed by atoms with Crippen LogP contribution >= 0.6 is 27.5 Å². The highest BCUT2D eigenvalue weighted by atomic mass is 79.9. The van der Waals surface area contributed by atoms with E-state index in [2.05, 4.69) is 31.2 Å². The third kappa shape index (κ3) is 3.13. The van der Waals surface area contributed by atoms with Crippen LogP contribution in [-0.4, -0.2) is 17.1 Å². The average Bonchev–Trinajstić information content (AvgIpc) is 2.43. The molecule has 0 bridgehead atoms. The molecule has 5 nitrogen and oxygen atoms in total. The summed E-state index contributed by atoms with van der Waals surface area (Å²) in [5.41, 5.74) is 1.19. The molecule has 0 saturated heterocycles. The molecule has 1 heterocycles. The second-order valence-corrected chi connectivity index (χ2v) is 4.68. The lowest BCUT2D eigenvalue weighted by molar-refractivity contribution is 0.416. The van der Waals surface area contributed by atoms with E-state index < -0.39 is 0 Å². The largest absolute Gasteiger partial charge is 0.495 e.